The van der Waals surface area contributed by atoms with E-state index < -0.39 is 29.5 Å². The van der Waals surface area contributed by atoms with Crippen LogP contribution in [0.15, 0.2) is 42.5 Å². The maximum Gasteiger partial charge on any atom is 0.416 e. The number of anilines is 1. The summed E-state index contributed by atoms with van der Waals surface area (Å²) in [5.41, 5.74) is -1.27. The molecule has 150 valence electrons. The first kappa shape index (κ1) is 20.0. The average Bonchev–Trinajstić information content (AvgIpc) is 2.94. The van der Waals surface area contributed by atoms with E-state index in [9.17, 15) is 31.1 Å². The highest BCUT2D eigenvalue weighted by Crippen LogP contribution is 2.37. The molecular weight excluding hydrogens is 386 g/mol. The molecule has 2 aromatic rings. The monoisotopic (exact) mass is 402 g/mol. The summed E-state index contributed by atoms with van der Waals surface area (Å²) in [7, 11) is 0. The second-order valence-corrected chi connectivity index (χ2v) is 6.50. The summed E-state index contributed by atoms with van der Waals surface area (Å²) in [6.45, 7) is 1.59. The Bertz CT molecular complexity index is 891. The molecule has 1 heterocycles. The molecular formula is C19H16F6N2O. The lowest BCUT2D eigenvalue weighted by Crippen LogP contribution is -2.32. The van der Waals surface area contributed by atoms with Gasteiger partial charge in [-0.05, 0) is 42.3 Å². The van der Waals surface area contributed by atoms with Crippen LogP contribution in [0.1, 0.15) is 22.3 Å². The second-order valence-electron chi connectivity index (χ2n) is 6.50. The molecule has 2 aromatic carbocycles. The van der Waals surface area contributed by atoms with Gasteiger partial charge in [-0.3, -0.25) is 4.90 Å². The van der Waals surface area contributed by atoms with Crippen molar-refractivity contribution in [3.05, 3.63) is 64.7 Å². The minimum atomic E-state index is -4.54. The van der Waals surface area contributed by atoms with Gasteiger partial charge in [0.1, 0.15) is 0 Å². The Labute approximate surface area is 157 Å². The number of hydrogen-bond acceptors (Lipinski definition) is 1. The van der Waals surface area contributed by atoms with E-state index in [1.807, 2.05) is 0 Å². The Morgan fingerprint density at radius 1 is 0.929 bits per heavy atom. The van der Waals surface area contributed by atoms with E-state index in [2.05, 4.69) is 0 Å². The molecule has 0 unspecified atom stereocenters. The molecule has 0 bridgehead atoms. The van der Waals surface area contributed by atoms with Gasteiger partial charge < -0.3 is 4.90 Å². The molecule has 0 radical (unpaired) electrons. The third kappa shape index (κ3) is 3.93. The second kappa shape index (κ2) is 7.03. The van der Waals surface area contributed by atoms with Crippen molar-refractivity contribution in [2.75, 3.05) is 18.0 Å². The van der Waals surface area contributed by atoms with Gasteiger partial charge in [0.05, 0.1) is 11.1 Å². The molecule has 3 nitrogen and oxygen atoms in total. The van der Waals surface area contributed by atoms with Gasteiger partial charge in [0.15, 0.2) is 0 Å². The zero-order valence-electron chi connectivity index (χ0n) is 14.7. The highest BCUT2D eigenvalue weighted by molar-refractivity contribution is 5.95. The van der Waals surface area contributed by atoms with Crippen LogP contribution in [0.5, 0.6) is 0 Å². The summed E-state index contributed by atoms with van der Waals surface area (Å²) in [4.78, 5) is 15.2. The maximum atomic E-state index is 13.1. The standard InChI is InChI=1S/C19H16F6N2O/c1-12-15(19(23,24)25)6-3-7-16(12)27-9-8-26(17(27)28)11-13-4-2-5-14(10-13)18(20,21)22/h2-7,10H,8-9,11H2,1H3. The topological polar surface area (TPSA) is 23.6 Å². The molecule has 3 rings (SSSR count). The van der Waals surface area contributed by atoms with Crippen LogP contribution in [0, 0.1) is 6.92 Å². The van der Waals surface area contributed by atoms with Crippen LogP contribution < -0.4 is 4.90 Å². The quantitative estimate of drug-likeness (QED) is 0.624. The van der Waals surface area contributed by atoms with Gasteiger partial charge in [-0.2, -0.15) is 26.3 Å². The van der Waals surface area contributed by atoms with Crippen molar-refractivity contribution in [2.24, 2.45) is 0 Å². The SMILES string of the molecule is Cc1c(N2CCN(Cc3cccc(C(F)(F)F)c3)C2=O)cccc1C(F)(F)F. The van der Waals surface area contributed by atoms with Crippen LogP contribution in [0.25, 0.3) is 0 Å². The maximum absolute atomic E-state index is 13.1. The number of amides is 2. The van der Waals surface area contributed by atoms with Crippen LogP contribution in [0.3, 0.4) is 0 Å². The van der Waals surface area contributed by atoms with Gasteiger partial charge in [0, 0.05) is 25.3 Å². The smallest absolute Gasteiger partial charge is 0.318 e. The number of carbonyl (C=O) groups is 1. The van der Waals surface area contributed by atoms with E-state index in [0.29, 0.717) is 5.56 Å². The molecule has 0 saturated carbocycles. The third-order valence-electron chi connectivity index (χ3n) is 4.62. The Hall–Kier alpha value is -2.71. The van der Waals surface area contributed by atoms with E-state index in [4.69, 9.17) is 0 Å². The predicted octanol–water partition coefficient (Wildman–Crippen LogP) is 5.47. The van der Waals surface area contributed by atoms with E-state index in [1.54, 1.807) is 0 Å². The highest BCUT2D eigenvalue weighted by Gasteiger charge is 2.36. The van der Waals surface area contributed by atoms with E-state index in [0.717, 1.165) is 18.2 Å². The van der Waals surface area contributed by atoms with Crippen LogP contribution in [0.4, 0.5) is 36.8 Å². The molecule has 1 saturated heterocycles. The van der Waals surface area contributed by atoms with Gasteiger partial charge >= 0.3 is 18.4 Å². The molecule has 28 heavy (non-hydrogen) atoms. The van der Waals surface area contributed by atoms with Crippen molar-refractivity contribution in [1.82, 2.24) is 4.90 Å². The Balaban J connectivity index is 1.81. The minimum absolute atomic E-state index is 0.0583. The fourth-order valence-corrected chi connectivity index (χ4v) is 3.24. The van der Waals surface area contributed by atoms with Crippen molar-refractivity contribution in [1.29, 1.82) is 0 Å². The lowest BCUT2D eigenvalue weighted by Gasteiger charge is -2.22. The van der Waals surface area contributed by atoms with Crippen molar-refractivity contribution in [3.63, 3.8) is 0 Å². The molecule has 1 fully saturated rings. The summed E-state index contributed by atoms with van der Waals surface area (Å²) in [5, 5.41) is 0. The highest BCUT2D eigenvalue weighted by atomic mass is 19.4. The number of nitrogens with zero attached hydrogens (tertiary/aromatic N) is 2. The summed E-state index contributed by atoms with van der Waals surface area (Å²) in [6, 6.07) is 7.69. The Kier molecular flexibility index (Phi) is 5.03. The molecule has 1 aliphatic rings. The normalized spacial score (nSPS) is 15.5. The fraction of sp³-hybridized carbons (Fsp3) is 0.316. The number of urea groups is 1. The number of halogens is 6. The molecule has 0 aromatic heterocycles. The molecule has 2 amide bonds. The summed E-state index contributed by atoms with van der Waals surface area (Å²) in [6.07, 6.45) is -9.03. The minimum Gasteiger partial charge on any atom is -0.318 e. The van der Waals surface area contributed by atoms with Gasteiger partial charge in [0.2, 0.25) is 0 Å². The molecule has 0 N–H and O–H groups in total. The largest absolute Gasteiger partial charge is 0.416 e. The third-order valence-corrected chi connectivity index (χ3v) is 4.62. The van der Waals surface area contributed by atoms with E-state index in [-0.39, 0.29) is 30.9 Å². The average molecular weight is 402 g/mol. The summed E-state index contributed by atoms with van der Waals surface area (Å²) in [5.74, 6) is 0. The van der Waals surface area contributed by atoms with Crippen LogP contribution in [0.2, 0.25) is 0 Å². The number of rotatable bonds is 3. The summed E-state index contributed by atoms with van der Waals surface area (Å²) < 4.78 is 77.8. The van der Waals surface area contributed by atoms with Gasteiger partial charge in [-0.15, -0.1) is 0 Å². The first-order valence-corrected chi connectivity index (χ1v) is 8.38. The molecule has 0 aliphatic carbocycles. The first-order valence-electron chi connectivity index (χ1n) is 8.38. The van der Waals surface area contributed by atoms with Gasteiger partial charge in [-0.1, -0.05) is 18.2 Å². The predicted molar refractivity (Wildman–Crippen MR) is 90.8 cm³/mol. The van der Waals surface area contributed by atoms with E-state index >= 15 is 0 Å². The van der Waals surface area contributed by atoms with Crippen LogP contribution in [-0.4, -0.2) is 24.0 Å². The van der Waals surface area contributed by atoms with Gasteiger partial charge in [0.25, 0.3) is 0 Å². The zero-order valence-corrected chi connectivity index (χ0v) is 14.7. The van der Waals surface area contributed by atoms with Crippen molar-refractivity contribution < 1.29 is 31.1 Å². The Morgan fingerprint density at radius 3 is 2.25 bits per heavy atom. The number of carbonyl (C=O) groups excluding carboxylic acids is 1. The summed E-state index contributed by atoms with van der Waals surface area (Å²) >= 11 is 0. The number of hydrogen-bond donors (Lipinski definition) is 0. The lowest BCUT2D eigenvalue weighted by atomic mass is 10.1. The van der Waals surface area contributed by atoms with Crippen LogP contribution in [-0.2, 0) is 18.9 Å². The zero-order chi connectivity index (χ0) is 20.7. The molecule has 0 atom stereocenters. The lowest BCUT2D eigenvalue weighted by molar-refractivity contribution is -0.138. The number of alkyl halides is 6. The van der Waals surface area contributed by atoms with Crippen molar-refractivity contribution in [3.8, 4) is 0 Å². The van der Waals surface area contributed by atoms with Crippen molar-refractivity contribution in [2.45, 2.75) is 25.8 Å². The Morgan fingerprint density at radius 2 is 1.61 bits per heavy atom. The van der Waals surface area contributed by atoms with Crippen molar-refractivity contribution >= 4 is 11.7 Å². The van der Waals surface area contributed by atoms with Crippen LogP contribution >= 0.6 is 0 Å². The molecule has 1 aliphatic heterocycles. The first-order chi connectivity index (χ1) is 13.0. The fourth-order valence-electron chi connectivity index (χ4n) is 3.24. The molecule has 9 heteroatoms. The van der Waals surface area contributed by atoms with Gasteiger partial charge in [-0.25, -0.2) is 4.79 Å². The molecule has 0 spiro atoms. The van der Waals surface area contributed by atoms with E-state index in [1.165, 1.54) is 41.0 Å². The number of benzene rings is 2.